The Morgan fingerprint density at radius 3 is 2.44 bits per heavy atom. The molecule has 1 aliphatic rings. The molecular formula is C21H28N4O2. The first kappa shape index (κ1) is 19.1. The number of ether oxygens (including phenoxy) is 1. The average Bonchev–Trinajstić information content (AvgIpc) is 2.73. The van der Waals surface area contributed by atoms with Crippen LogP contribution >= 0.6 is 0 Å². The van der Waals surface area contributed by atoms with Crippen LogP contribution in [0.15, 0.2) is 36.7 Å². The first-order valence-electron chi connectivity index (χ1n) is 9.87. The van der Waals surface area contributed by atoms with Crippen LogP contribution in [0.2, 0.25) is 0 Å². The standard InChI is InChI=1S/C21H28N4O2/c1-2-3-7-14-27-19-10-8-17(9-11-19)20(26)24-18-15-22-21(23-16-18)25-12-5-4-6-13-25/h8-11,15-16H,2-7,12-14H2,1H3,(H,24,26). The van der Waals surface area contributed by atoms with Crippen molar-refractivity contribution in [2.45, 2.75) is 45.4 Å². The SMILES string of the molecule is CCCCCOc1ccc(C(=O)Nc2cnc(N3CCCCC3)nc2)cc1. The molecule has 0 unspecified atom stereocenters. The monoisotopic (exact) mass is 368 g/mol. The van der Waals surface area contributed by atoms with E-state index in [1.165, 1.54) is 32.1 Å². The zero-order chi connectivity index (χ0) is 18.9. The highest BCUT2D eigenvalue weighted by atomic mass is 16.5. The maximum absolute atomic E-state index is 12.4. The fraction of sp³-hybridized carbons (Fsp3) is 0.476. The molecular weight excluding hydrogens is 340 g/mol. The molecule has 0 saturated carbocycles. The third-order valence-electron chi connectivity index (χ3n) is 4.67. The van der Waals surface area contributed by atoms with Crippen molar-refractivity contribution in [3.63, 3.8) is 0 Å². The number of anilines is 2. The summed E-state index contributed by atoms with van der Waals surface area (Å²) < 4.78 is 5.68. The highest BCUT2D eigenvalue weighted by Crippen LogP contribution is 2.17. The lowest BCUT2D eigenvalue weighted by Gasteiger charge is -2.26. The number of hydrogen-bond donors (Lipinski definition) is 1. The van der Waals surface area contributed by atoms with Crippen molar-refractivity contribution < 1.29 is 9.53 Å². The summed E-state index contributed by atoms with van der Waals surface area (Å²) in [6, 6.07) is 7.20. The van der Waals surface area contributed by atoms with Crippen LogP contribution in [0, 0.1) is 0 Å². The number of carbonyl (C=O) groups is 1. The molecule has 1 aliphatic heterocycles. The molecule has 2 aromatic rings. The lowest BCUT2D eigenvalue weighted by molar-refractivity contribution is 0.102. The second-order valence-electron chi connectivity index (χ2n) is 6.85. The average molecular weight is 368 g/mol. The lowest BCUT2D eigenvalue weighted by Crippen LogP contribution is -2.30. The Hall–Kier alpha value is -2.63. The minimum absolute atomic E-state index is 0.179. The molecule has 1 saturated heterocycles. The summed E-state index contributed by atoms with van der Waals surface area (Å²) in [6.45, 7) is 4.87. The topological polar surface area (TPSA) is 67.3 Å². The quantitative estimate of drug-likeness (QED) is 0.704. The van der Waals surface area contributed by atoms with Crippen molar-refractivity contribution >= 4 is 17.5 Å². The van der Waals surface area contributed by atoms with Crippen LogP contribution < -0.4 is 15.0 Å². The molecule has 27 heavy (non-hydrogen) atoms. The predicted octanol–water partition coefficient (Wildman–Crippen LogP) is 4.29. The van der Waals surface area contributed by atoms with Crippen molar-refractivity contribution in [1.29, 1.82) is 0 Å². The summed E-state index contributed by atoms with van der Waals surface area (Å²) in [5.41, 5.74) is 1.18. The van der Waals surface area contributed by atoms with Gasteiger partial charge in [-0.1, -0.05) is 19.8 Å². The Morgan fingerprint density at radius 1 is 1.07 bits per heavy atom. The van der Waals surface area contributed by atoms with Gasteiger partial charge >= 0.3 is 0 Å². The van der Waals surface area contributed by atoms with Crippen LogP contribution in [-0.2, 0) is 0 Å². The van der Waals surface area contributed by atoms with E-state index >= 15 is 0 Å². The molecule has 0 aliphatic carbocycles. The van der Waals surface area contributed by atoms with Crippen LogP contribution in [0.4, 0.5) is 11.6 Å². The number of rotatable bonds is 8. The zero-order valence-electron chi connectivity index (χ0n) is 16.0. The minimum atomic E-state index is -0.179. The number of nitrogens with zero attached hydrogens (tertiary/aromatic N) is 3. The summed E-state index contributed by atoms with van der Waals surface area (Å²) in [7, 11) is 0. The Balaban J connectivity index is 1.52. The Bertz CT molecular complexity index is 710. The molecule has 6 nitrogen and oxygen atoms in total. The van der Waals surface area contributed by atoms with Crippen LogP contribution in [0.5, 0.6) is 5.75 Å². The normalized spacial score (nSPS) is 14.0. The van der Waals surface area contributed by atoms with Gasteiger partial charge in [-0.05, 0) is 49.9 Å². The number of piperidine rings is 1. The number of carbonyl (C=O) groups excluding carboxylic acids is 1. The molecule has 1 aromatic carbocycles. The van der Waals surface area contributed by atoms with E-state index in [1.54, 1.807) is 24.5 Å². The Morgan fingerprint density at radius 2 is 1.78 bits per heavy atom. The number of unbranched alkanes of at least 4 members (excludes halogenated alkanes) is 2. The number of benzene rings is 1. The number of amides is 1. The van der Waals surface area contributed by atoms with Gasteiger partial charge in [-0.2, -0.15) is 0 Å². The third-order valence-corrected chi connectivity index (χ3v) is 4.67. The third kappa shape index (κ3) is 5.67. The Kier molecular flexibility index (Phi) is 7.02. The molecule has 1 N–H and O–H groups in total. The maximum Gasteiger partial charge on any atom is 0.255 e. The molecule has 144 valence electrons. The van der Waals surface area contributed by atoms with E-state index in [0.717, 1.165) is 31.2 Å². The summed E-state index contributed by atoms with van der Waals surface area (Å²) >= 11 is 0. The van der Waals surface area contributed by atoms with Crippen LogP contribution in [0.3, 0.4) is 0 Å². The van der Waals surface area contributed by atoms with E-state index in [1.807, 2.05) is 12.1 Å². The fourth-order valence-electron chi connectivity index (χ4n) is 3.09. The summed E-state index contributed by atoms with van der Waals surface area (Å²) in [4.78, 5) is 23.4. The van der Waals surface area contributed by atoms with Crippen LogP contribution in [0.1, 0.15) is 55.8 Å². The molecule has 0 spiro atoms. The number of aromatic nitrogens is 2. The molecule has 1 aromatic heterocycles. The molecule has 2 heterocycles. The van der Waals surface area contributed by atoms with Crippen molar-refractivity contribution in [2.75, 3.05) is 29.9 Å². The van der Waals surface area contributed by atoms with Crippen molar-refractivity contribution in [2.24, 2.45) is 0 Å². The van der Waals surface area contributed by atoms with Gasteiger partial charge in [0, 0.05) is 18.7 Å². The van der Waals surface area contributed by atoms with Gasteiger partial charge in [0.1, 0.15) is 5.75 Å². The summed E-state index contributed by atoms with van der Waals surface area (Å²) in [5.74, 6) is 1.34. The van der Waals surface area contributed by atoms with Gasteiger partial charge in [0.15, 0.2) is 0 Å². The first-order chi connectivity index (χ1) is 13.3. The second kappa shape index (κ2) is 9.90. The highest BCUT2D eigenvalue weighted by molar-refractivity contribution is 6.04. The van der Waals surface area contributed by atoms with Gasteiger partial charge in [-0.25, -0.2) is 9.97 Å². The largest absolute Gasteiger partial charge is 0.494 e. The first-order valence-corrected chi connectivity index (χ1v) is 9.87. The molecule has 0 bridgehead atoms. The van der Waals surface area contributed by atoms with Crippen molar-refractivity contribution in [1.82, 2.24) is 9.97 Å². The van der Waals surface area contributed by atoms with Gasteiger partial charge in [-0.15, -0.1) is 0 Å². The van der Waals surface area contributed by atoms with Gasteiger partial charge in [0.05, 0.1) is 24.7 Å². The molecule has 1 amide bonds. The number of nitrogens with one attached hydrogen (secondary N) is 1. The molecule has 0 radical (unpaired) electrons. The number of hydrogen-bond acceptors (Lipinski definition) is 5. The van der Waals surface area contributed by atoms with Crippen molar-refractivity contribution in [3.05, 3.63) is 42.2 Å². The molecule has 3 rings (SSSR count). The Labute approximate surface area is 161 Å². The molecule has 1 fully saturated rings. The predicted molar refractivity (Wildman–Crippen MR) is 108 cm³/mol. The van der Waals surface area contributed by atoms with Crippen LogP contribution in [-0.4, -0.2) is 35.6 Å². The molecule has 6 heteroatoms. The van der Waals surface area contributed by atoms with Crippen LogP contribution in [0.25, 0.3) is 0 Å². The van der Waals surface area contributed by atoms with E-state index in [0.29, 0.717) is 17.9 Å². The van der Waals surface area contributed by atoms with E-state index in [2.05, 4.69) is 27.1 Å². The van der Waals surface area contributed by atoms with E-state index in [4.69, 9.17) is 4.74 Å². The van der Waals surface area contributed by atoms with Gasteiger partial charge < -0.3 is 15.0 Å². The van der Waals surface area contributed by atoms with Gasteiger partial charge in [-0.3, -0.25) is 4.79 Å². The van der Waals surface area contributed by atoms with Gasteiger partial charge in [0.2, 0.25) is 5.95 Å². The van der Waals surface area contributed by atoms with Crippen molar-refractivity contribution in [3.8, 4) is 5.75 Å². The van der Waals surface area contributed by atoms with E-state index in [-0.39, 0.29) is 5.91 Å². The van der Waals surface area contributed by atoms with Gasteiger partial charge in [0.25, 0.3) is 5.91 Å². The fourth-order valence-corrected chi connectivity index (χ4v) is 3.09. The molecule has 0 atom stereocenters. The van der Waals surface area contributed by atoms with E-state index in [9.17, 15) is 4.79 Å². The summed E-state index contributed by atoms with van der Waals surface area (Å²) in [6.07, 6.45) is 10.4. The smallest absolute Gasteiger partial charge is 0.255 e. The zero-order valence-corrected chi connectivity index (χ0v) is 16.0. The maximum atomic E-state index is 12.4. The van der Waals surface area contributed by atoms with E-state index < -0.39 is 0 Å². The highest BCUT2D eigenvalue weighted by Gasteiger charge is 2.13. The lowest BCUT2D eigenvalue weighted by atomic mass is 10.1. The second-order valence-corrected chi connectivity index (χ2v) is 6.85. The summed E-state index contributed by atoms with van der Waals surface area (Å²) in [5, 5.41) is 2.84. The minimum Gasteiger partial charge on any atom is -0.494 e.